The van der Waals surface area contributed by atoms with Gasteiger partial charge in [-0.1, -0.05) is 35.3 Å². The molecule has 0 fully saturated rings. The normalized spacial score (nSPS) is 17.8. The van der Waals surface area contributed by atoms with E-state index in [1.165, 1.54) is 6.92 Å². The van der Waals surface area contributed by atoms with Gasteiger partial charge < -0.3 is 5.11 Å². The van der Waals surface area contributed by atoms with Crippen molar-refractivity contribution in [3.05, 3.63) is 34.9 Å². The predicted molar refractivity (Wildman–Crippen MR) is 65.5 cm³/mol. The summed E-state index contributed by atoms with van der Waals surface area (Å²) in [5.74, 6) is 0. The summed E-state index contributed by atoms with van der Waals surface area (Å²) in [4.78, 5) is 0. The van der Waals surface area contributed by atoms with Gasteiger partial charge in [0.05, 0.1) is 0 Å². The van der Waals surface area contributed by atoms with Gasteiger partial charge in [0.25, 0.3) is 0 Å². The molecule has 0 aliphatic carbocycles. The minimum absolute atomic E-state index is 0.410. The predicted octanol–water partition coefficient (Wildman–Crippen LogP) is 2.37. The van der Waals surface area contributed by atoms with Crippen LogP contribution in [-0.4, -0.2) is 24.0 Å². The van der Waals surface area contributed by atoms with Crippen LogP contribution in [0.3, 0.4) is 0 Å². The molecule has 0 saturated heterocycles. The summed E-state index contributed by atoms with van der Waals surface area (Å²) in [6, 6.07) is 6.21. The van der Waals surface area contributed by atoms with E-state index in [1.54, 1.807) is 24.3 Å². The Bertz CT molecular complexity index is 465. The number of aliphatic hydroxyl groups is 1. The Labute approximate surface area is 105 Å². The average Bonchev–Trinajstić information content (AvgIpc) is 2.16. The van der Waals surface area contributed by atoms with E-state index in [1.807, 2.05) is 0 Å². The second kappa shape index (κ2) is 4.53. The van der Waals surface area contributed by atoms with Crippen LogP contribution in [0, 0.1) is 0 Å². The molecule has 1 N–H and O–H groups in total. The molecule has 1 aromatic carbocycles. The van der Waals surface area contributed by atoms with Gasteiger partial charge in [-0.3, -0.25) is 0 Å². The highest BCUT2D eigenvalue weighted by Crippen LogP contribution is 2.36. The Morgan fingerprint density at radius 3 is 2.12 bits per heavy atom. The van der Waals surface area contributed by atoms with Crippen LogP contribution >= 0.6 is 23.2 Å². The molecular weight excluding hydrogens is 271 g/mol. The number of aliphatic hydroxyl groups excluding tert-OH is 1. The molecule has 3 nitrogen and oxygen atoms in total. The lowest BCUT2D eigenvalue weighted by atomic mass is 10.1. The molecule has 1 rings (SSSR count). The molecule has 0 radical (unpaired) electrons. The van der Waals surface area contributed by atoms with Crippen LogP contribution in [0.2, 0.25) is 5.02 Å². The molecule has 0 aliphatic heterocycles. The van der Waals surface area contributed by atoms with E-state index in [0.29, 0.717) is 10.6 Å². The Morgan fingerprint density at radius 1 is 1.31 bits per heavy atom. The summed E-state index contributed by atoms with van der Waals surface area (Å²) in [6.45, 7) is 1.27. The second-order valence-corrected chi connectivity index (χ2v) is 7.55. The van der Waals surface area contributed by atoms with Gasteiger partial charge in [0.15, 0.2) is 14.0 Å². The first-order valence-electron chi connectivity index (χ1n) is 4.48. The molecule has 0 bridgehead atoms. The second-order valence-electron chi connectivity index (χ2n) is 3.71. The quantitative estimate of drug-likeness (QED) is 0.866. The molecule has 0 aromatic heterocycles. The highest BCUT2D eigenvalue weighted by Gasteiger charge is 2.41. The number of halogens is 2. The molecule has 0 unspecified atom stereocenters. The molecular formula is C10H12Cl2O3S. The van der Waals surface area contributed by atoms with E-state index in [4.69, 9.17) is 23.2 Å². The first-order chi connectivity index (χ1) is 7.16. The Hall–Kier alpha value is -0.290. The van der Waals surface area contributed by atoms with Crippen LogP contribution in [0.5, 0.6) is 0 Å². The van der Waals surface area contributed by atoms with Gasteiger partial charge in [-0.2, -0.15) is 0 Å². The lowest BCUT2D eigenvalue weighted by Crippen LogP contribution is -2.35. The van der Waals surface area contributed by atoms with Crippen LogP contribution in [0.15, 0.2) is 24.3 Å². The Kier molecular flexibility index (Phi) is 3.90. The smallest absolute Gasteiger partial charge is 0.172 e. The van der Waals surface area contributed by atoms with Crippen LogP contribution in [0.4, 0.5) is 0 Å². The lowest BCUT2D eigenvalue weighted by molar-refractivity contribution is 0.163. The van der Waals surface area contributed by atoms with Crippen LogP contribution in [0.1, 0.15) is 18.6 Å². The molecule has 1 aromatic rings. The summed E-state index contributed by atoms with van der Waals surface area (Å²) in [6.07, 6.45) is -0.319. The molecule has 0 saturated carbocycles. The van der Waals surface area contributed by atoms with Crippen molar-refractivity contribution in [3.8, 4) is 0 Å². The first kappa shape index (κ1) is 13.8. The summed E-state index contributed by atoms with van der Waals surface area (Å²) in [5.41, 5.74) is 0.410. The lowest BCUT2D eigenvalue weighted by Gasteiger charge is -2.26. The van der Waals surface area contributed by atoms with E-state index in [2.05, 4.69) is 0 Å². The largest absolute Gasteiger partial charge is 0.385 e. The Morgan fingerprint density at radius 2 is 1.75 bits per heavy atom. The molecule has 0 spiro atoms. The van der Waals surface area contributed by atoms with E-state index < -0.39 is 20.1 Å². The number of benzene rings is 1. The summed E-state index contributed by atoms with van der Waals surface area (Å²) in [7, 11) is -3.58. The third-order valence-electron chi connectivity index (χ3n) is 2.40. The summed E-state index contributed by atoms with van der Waals surface area (Å²) < 4.78 is 21.1. The minimum atomic E-state index is -3.58. The van der Waals surface area contributed by atoms with E-state index in [0.717, 1.165) is 6.26 Å². The number of rotatable bonds is 3. The SMILES string of the molecule is C[C@@](Cl)([C@H](O)c1ccc(Cl)cc1)S(C)(=O)=O. The van der Waals surface area contributed by atoms with Crippen molar-refractivity contribution in [3.63, 3.8) is 0 Å². The number of hydrogen-bond acceptors (Lipinski definition) is 3. The maximum atomic E-state index is 11.4. The fourth-order valence-corrected chi connectivity index (χ4v) is 1.94. The fourth-order valence-electron chi connectivity index (χ4n) is 1.15. The van der Waals surface area contributed by atoms with Gasteiger partial charge in [-0.15, -0.1) is 0 Å². The van der Waals surface area contributed by atoms with E-state index in [-0.39, 0.29) is 0 Å². The Balaban J connectivity index is 3.12. The molecule has 0 amide bonds. The van der Waals surface area contributed by atoms with Gasteiger partial charge in [0.2, 0.25) is 0 Å². The van der Waals surface area contributed by atoms with Gasteiger partial charge in [0, 0.05) is 11.3 Å². The zero-order valence-corrected chi connectivity index (χ0v) is 11.1. The maximum Gasteiger partial charge on any atom is 0.172 e. The maximum absolute atomic E-state index is 11.4. The minimum Gasteiger partial charge on any atom is -0.385 e. The highest BCUT2D eigenvalue weighted by molar-refractivity contribution is 7.93. The van der Waals surface area contributed by atoms with Crippen LogP contribution in [-0.2, 0) is 9.84 Å². The van der Waals surface area contributed by atoms with E-state index in [9.17, 15) is 13.5 Å². The molecule has 0 aliphatic rings. The van der Waals surface area contributed by atoms with Gasteiger partial charge >= 0.3 is 0 Å². The van der Waals surface area contributed by atoms with Crippen molar-refractivity contribution in [1.82, 2.24) is 0 Å². The van der Waals surface area contributed by atoms with Crippen LogP contribution < -0.4 is 0 Å². The number of alkyl halides is 1. The fraction of sp³-hybridized carbons (Fsp3) is 0.400. The number of sulfone groups is 1. The summed E-state index contributed by atoms with van der Waals surface area (Å²) >= 11 is 11.6. The van der Waals surface area contributed by atoms with Gasteiger partial charge in [-0.05, 0) is 24.6 Å². The van der Waals surface area contributed by atoms with Crippen molar-refractivity contribution in [2.75, 3.05) is 6.26 Å². The first-order valence-corrected chi connectivity index (χ1v) is 7.13. The van der Waals surface area contributed by atoms with Crippen LogP contribution in [0.25, 0.3) is 0 Å². The molecule has 0 heterocycles. The van der Waals surface area contributed by atoms with Crippen molar-refractivity contribution < 1.29 is 13.5 Å². The number of hydrogen-bond donors (Lipinski definition) is 1. The van der Waals surface area contributed by atoms with Crippen molar-refractivity contribution in [2.24, 2.45) is 0 Å². The monoisotopic (exact) mass is 282 g/mol. The van der Waals surface area contributed by atoms with Gasteiger partial charge in [-0.25, -0.2) is 8.42 Å². The average molecular weight is 283 g/mol. The van der Waals surface area contributed by atoms with Crippen molar-refractivity contribution in [2.45, 2.75) is 17.2 Å². The zero-order chi connectivity index (χ0) is 12.6. The van der Waals surface area contributed by atoms with Gasteiger partial charge in [0.1, 0.15) is 6.10 Å². The molecule has 2 atom stereocenters. The highest BCUT2D eigenvalue weighted by atomic mass is 35.5. The van der Waals surface area contributed by atoms with Crippen molar-refractivity contribution in [1.29, 1.82) is 0 Å². The topological polar surface area (TPSA) is 54.4 Å². The standard InChI is InChI=1S/C10H12Cl2O3S/c1-10(12,16(2,14)15)9(13)7-3-5-8(11)6-4-7/h3-6,9,13H,1-2H3/t9-,10+/m1/s1. The van der Waals surface area contributed by atoms with E-state index >= 15 is 0 Å². The third-order valence-corrected chi connectivity index (χ3v) is 5.37. The zero-order valence-electron chi connectivity index (χ0n) is 8.81. The molecule has 16 heavy (non-hydrogen) atoms. The van der Waals surface area contributed by atoms with Crippen molar-refractivity contribution >= 4 is 33.0 Å². The molecule has 90 valence electrons. The molecule has 6 heteroatoms. The third kappa shape index (κ3) is 2.69. The summed E-state index contributed by atoms with van der Waals surface area (Å²) in [5, 5.41) is 10.4.